The molecule has 4 rings (SSSR count). The van der Waals surface area contributed by atoms with Crippen molar-refractivity contribution in [3.63, 3.8) is 0 Å². The molecule has 0 bridgehead atoms. The number of carbonyl (C=O) groups is 1. The Morgan fingerprint density at radius 1 is 1.29 bits per heavy atom. The van der Waals surface area contributed by atoms with Gasteiger partial charge in [-0.05, 0) is 31.1 Å². The Labute approximate surface area is 181 Å². The van der Waals surface area contributed by atoms with Crippen LogP contribution >= 0.6 is 11.3 Å². The van der Waals surface area contributed by atoms with Gasteiger partial charge in [0.1, 0.15) is 23.5 Å². The number of anilines is 2. The van der Waals surface area contributed by atoms with Gasteiger partial charge < -0.3 is 4.57 Å². The van der Waals surface area contributed by atoms with Gasteiger partial charge in [-0.15, -0.1) is 21.5 Å². The predicted octanol–water partition coefficient (Wildman–Crippen LogP) is 4.49. The van der Waals surface area contributed by atoms with E-state index in [2.05, 4.69) is 21.3 Å². The highest BCUT2D eigenvalue weighted by Crippen LogP contribution is 2.32. The number of rotatable bonds is 4. The maximum atomic E-state index is 14.3. The Morgan fingerprint density at radius 3 is 2.87 bits per heavy atom. The number of nitriles is 1. The van der Waals surface area contributed by atoms with E-state index in [1.165, 1.54) is 13.0 Å². The second kappa shape index (κ2) is 8.73. The standard InChI is InChI=1S/C21H18F2N6OS/c1-13(30)29(18-7-6-15(22)10-17(18)23)21-25-16(12-31-21)9-14(11-24)20-27-26-19-5-3-2-4-8-28(19)20/h6-7,9-10,12H,2-5,8H2,1H3/b14-9+. The van der Waals surface area contributed by atoms with Gasteiger partial charge in [0.2, 0.25) is 5.91 Å². The number of allylic oxidation sites excluding steroid dienone is 1. The second-order valence-corrected chi connectivity index (χ2v) is 7.91. The van der Waals surface area contributed by atoms with E-state index >= 15 is 0 Å². The molecule has 0 spiro atoms. The summed E-state index contributed by atoms with van der Waals surface area (Å²) >= 11 is 1.11. The van der Waals surface area contributed by atoms with Gasteiger partial charge in [-0.3, -0.25) is 9.69 Å². The van der Waals surface area contributed by atoms with Crippen LogP contribution in [0.2, 0.25) is 0 Å². The normalized spacial score (nSPS) is 13.9. The average Bonchev–Trinajstić information content (AvgIpc) is 3.28. The highest BCUT2D eigenvalue weighted by Gasteiger charge is 2.22. The molecule has 1 aromatic carbocycles. The molecule has 3 aromatic rings. The summed E-state index contributed by atoms with van der Waals surface area (Å²) in [6, 6.07) is 5.13. The van der Waals surface area contributed by atoms with Crippen molar-refractivity contribution in [1.29, 1.82) is 5.26 Å². The third-order valence-corrected chi connectivity index (χ3v) is 5.77. The lowest BCUT2D eigenvalue weighted by molar-refractivity contribution is -0.115. The second-order valence-electron chi connectivity index (χ2n) is 7.08. The van der Waals surface area contributed by atoms with E-state index < -0.39 is 17.5 Å². The Bertz CT molecular complexity index is 1210. The number of thiazole rings is 1. The van der Waals surface area contributed by atoms with Gasteiger partial charge in [-0.25, -0.2) is 13.8 Å². The smallest absolute Gasteiger partial charge is 0.230 e. The molecular formula is C21H18F2N6OS. The highest BCUT2D eigenvalue weighted by atomic mass is 32.1. The van der Waals surface area contributed by atoms with Gasteiger partial charge in [0, 0.05) is 31.3 Å². The van der Waals surface area contributed by atoms with Crippen molar-refractivity contribution in [2.75, 3.05) is 4.90 Å². The van der Waals surface area contributed by atoms with Crippen LogP contribution in [0.25, 0.3) is 11.6 Å². The fourth-order valence-corrected chi connectivity index (χ4v) is 4.33. The number of hydrogen-bond donors (Lipinski definition) is 0. The molecule has 1 aliphatic rings. The molecule has 0 saturated heterocycles. The number of halogens is 2. The molecule has 2 aromatic heterocycles. The third-order valence-electron chi connectivity index (χ3n) is 4.93. The van der Waals surface area contributed by atoms with E-state index in [4.69, 9.17) is 0 Å². The minimum Gasteiger partial charge on any atom is -0.310 e. The minimum atomic E-state index is -0.869. The van der Waals surface area contributed by atoms with Crippen LogP contribution in [0.1, 0.15) is 43.5 Å². The largest absolute Gasteiger partial charge is 0.310 e. The number of benzene rings is 1. The summed E-state index contributed by atoms with van der Waals surface area (Å²) in [6.45, 7) is 2.02. The first kappa shape index (κ1) is 20.8. The zero-order chi connectivity index (χ0) is 22.0. The fourth-order valence-electron chi connectivity index (χ4n) is 3.49. The Hall–Kier alpha value is -3.45. The Balaban J connectivity index is 1.69. The Kier molecular flexibility index (Phi) is 5.86. The van der Waals surface area contributed by atoms with Crippen LogP contribution in [0.4, 0.5) is 19.6 Å². The number of aromatic nitrogens is 4. The molecule has 0 atom stereocenters. The SMILES string of the molecule is CC(=O)N(c1nc(/C=C(\C#N)c2nnc3n2CCCCC3)cs1)c1ccc(F)cc1F. The van der Waals surface area contributed by atoms with Crippen molar-refractivity contribution in [1.82, 2.24) is 19.7 Å². The number of aryl methyl sites for hydroxylation is 1. The minimum absolute atomic E-state index is 0.0953. The Morgan fingerprint density at radius 2 is 2.13 bits per heavy atom. The zero-order valence-electron chi connectivity index (χ0n) is 16.7. The highest BCUT2D eigenvalue weighted by molar-refractivity contribution is 7.14. The van der Waals surface area contributed by atoms with Crippen LogP contribution in [0.3, 0.4) is 0 Å². The molecule has 0 N–H and O–H groups in total. The molecule has 1 aliphatic heterocycles. The molecular weight excluding hydrogens is 422 g/mol. The molecule has 0 aliphatic carbocycles. The number of carbonyl (C=O) groups excluding carboxylic acids is 1. The first-order valence-electron chi connectivity index (χ1n) is 9.73. The molecule has 0 radical (unpaired) electrons. The summed E-state index contributed by atoms with van der Waals surface area (Å²) in [5, 5.41) is 20.0. The van der Waals surface area contributed by atoms with E-state index in [-0.39, 0.29) is 10.8 Å². The van der Waals surface area contributed by atoms with E-state index in [0.717, 1.165) is 60.4 Å². The van der Waals surface area contributed by atoms with E-state index in [1.807, 2.05) is 4.57 Å². The lowest BCUT2D eigenvalue weighted by atomic mass is 10.2. The summed E-state index contributed by atoms with van der Waals surface area (Å²) in [4.78, 5) is 17.6. The number of amides is 1. The maximum absolute atomic E-state index is 14.3. The van der Waals surface area contributed by atoms with Crippen LogP contribution in [-0.4, -0.2) is 25.7 Å². The lowest BCUT2D eigenvalue weighted by Gasteiger charge is -2.18. The molecule has 158 valence electrons. The number of hydrogen-bond acceptors (Lipinski definition) is 6. The summed E-state index contributed by atoms with van der Waals surface area (Å²) in [5.41, 5.74) is 0.637. The molecule has 0 unspecified atom stereocenters. The van der Waals surface area contributed by atoms with Crippen molar-refractivity contribution in [3.05, 3.63) is 52.6 Å². The van der Waals surface area contributed by atoms with Gasteiger partial charge in [0.15, 0.2) is 11.0 Å². The average molecular weight is 440 g/mol. The van der Waals surface area contributed by atoms with Gasteiger partial charge in [-0.2, -0.15) is 5.26 Å². The molecule has 1 amide bonds. The first-order chi connectivity index (χ1) is 15.0. The third kappa shape index (κ3) is 4.22. The maximum Gasteiger partial charge on any atom is 0.230 e. The van der Waals surface area contributed by atoms with Crippen LogP contribution in [0, 0.1) is 23.0 Å². The predicted molar refractivity (Wildman–Crippen MR) is 112 cm³/mol. The van der Waals surface area contributed by atoms with Crippen molar-refractivity contribution in [2.24, 2.45) is 0 Å². The van der Waals surface area contributed by atoms with Crippen molar-refractivity contribution in [2.45, 2.75) is 39.2 Å². The number of fused-ring (bicyclic) bond motifs is 1. The molecule has 0 saturated carbocycles. The zero-order valence-corrected chi connectivity index (χ0v) is 17.5. The van der Waals surface area contributed by atoms with Crippen molar-refractivity contribution >= 4 is 39.7 Å². The van der Waals surface area contributed by atoms with Gasteiger partial charge in [0.05, 0.1) is 17.0 Å². The quantitative estimate of drug-likeness (QED) is 0.558. The van der Waals surface area contributed by atoms with Crippen LogP contribution in [0.5, 0.6) is 0 Å². The number of nitrogens with zero attached hydrogens (tertiary/aromatic N) is 6. The van der Waals surface area contributed by atoms with Crippen LogP contribution < -0.4 is 4.90 Å². The first-order valence-corrected chi connectivity index (χ1v) is 10.6. The van der Waals surface area contributed by atoms with E-state index in [0.29, 0.717) is 23.2 Å². The summed E-state index contributed by atoms with van der Waals surface area (Å²) in [7, 11) is 0. The lowest BCUT2D eigenvalue weighted by Crippen LogP contribution is -2.23. The van der Waals surface area contributed by atoms with Crippen molar-refractivity contribution < 1.29 is 13.6 Å². The summed E-state index contributed by atoms with van der Waals surface area (Å²) in [6.07, 6.45) is 5.53. The van der Waals surface area contributed by atoms with Gasteiger partial charge in [0.25, 0.3) is 0 Å². The molecule has 10 heteroatoms. The molecule has 0 fully saturated rings. The monoisotopic (exact) mass is 440 g/mol. The summed E-state index contributed by atoms with van der Waals surface area (Å²) in [5.74, 6) is -0.729. The van der Waals surface area contributed by atoms with Gasteiger partial charge >= 0.3 is 0 Å². The molecule has 31 heavy (non-hydrogen) atoms. The summed E-state index contributed by atoms with van der Waals surface area (Å²) < 4.78 is 29.5. The molecule has 7 nitrogen and oxygen atoms in total. The fraction of sp³-hybridized carbons (Fsp3) is 0.286. The van der Waals surface area contributed by atoms with Gasteiger partial charge in [-0.1, -0.05) is 6.42 Å². The van der Waals surface area contributed by atoms with E-state index in [9.17, 15) is 18.8 Å². The topological polar surface area (TPSA) is 87.7 Å². The van der Waals surface area contributed by atoms with Crippen molar-refractivity contribution in [3.8, 4) is 6.07 Å². The van der Waals surface area contributed by atoms with Crippen LogP contribution in [-0.2, 0) is 17.8 Å². The molecule has 3 heterocycles. The van der Waals surface area contributed by atoms with E-state index in [1.54, 1.807) is 11.5 Å². The van der Waals surface area contributed by atoms with Crippen LogP contribution in [0.15, 0.2) is 23.6 Å².